The Hall–Kier alpha value is -5.12. The summed E-state index contributed by atoms with van der Waals surface area (Å²) >= 11 is 0. The number of methoxy groups -OCH3 is 3. The molecule has 0 saturated heterocycles. The molecule has 0 unspecified atom stereocenters. The number of hydrogen-bond acceptors (Lipinski definition) is 8. The molecule has 10 heteroatoms. The fraction of sp³-hybridized carbons (Fsp3) is 0.172. The number of benzene rings is 3. The molecule has 3 aromatic carbocycles. The second kappa shape index (κ2) is 11.1. The standard InChI is InChI=1S/C29H28N6O4/c1-37-22-15-19(16-23(38-2)26(22)39-3)17-32-35-27(30)24(29(36)31-14-13-18-9-5-4-6-10-18)25-28(35)34-21-12-8-7-11-20(21)33-25/h4-12,15-17H,13-14,30H2,1-3H3,(H,31,36)/b32-17+. The van der Waals surface area contributed by atoms with E-state index in [4.69, 9.17) is 29.9 Å². The van der Waals surface area contributed by atoms with Gasteiger partial charge in [-0.15, -0.1) is 0 Å². The summed E-state index contributed by atoms with van der Waals surface area (Å²) in [5.41, 5.74) is 10.6. The summed E-state index contributed by atoms with van der Waals surface area (Å²) in [4.78, 5) is 22.8. The van der Waals surface area contributed by atoms with Crippen molar-refractivity contribution in [3.8, 4) is 17.2 Å². The fourth-order valence-electron chi connectivity index (χ4n) is 4.34. The number of fused-ring (bicyclic) bond motifs is 2. The molecular weight excluding hydrogens is 496 g/mol. The predicted octanol–water partition coefficient (Wildman–Crippen LogP) is 4.05. The zero-order valence-electron chi connectivity index (χ0n) is 21.8. The number of nitrogen functional groups attached to an aromatic ring is 1. The predicted molar refractivity (Wildman–Crippen MR) is 151 cm³/mol. The molecule has 39 heavy (non-hydrogen) atoms. The van der Waals surface area contributed by atoms with Crippen LogP contribution in [-0.4, -0.2) is 54.6 Å². The Morgan fingerprint density at radius 2 is 1.59 bits per heavy atom. The molecule has 5 rings (SSSR count). The second-order valence-corrected chi connectivity index (χ2v) is 8.65. The molecule has 2 heterocycles. The van der Waals surface area contributed by atoms with Gasteiger partial charge in [-0.25, -0.2) is 9.97 Å². The van der Waals surface area contributed by atoms with E-state index in [1.54, 1.807) is 32.6 Å². The lowest BCUT2D eigenvalue weighted by molar-refractivity contribution is 0.0956. The van der Waals surface area contributed by atoms with Crippen molar-refractivity contribution in [2.45, 2.75) is 6.42 Å². The van der Waals surface area contributed by atoms with Gasteiger partial charge in [0.25, 0.3) is 5.91 Å². The molecule has 198 valence electrons. The normalized spacial score (nSPS) is 11.3. The molecule has 0 bridgehead atoms. The number of rotatable bonds is 9. The van der Waals surface area contributed by atoms with E-state index in [1.807, 2.05) is 54.6 Å². The van der Waals surface area contributed by atoms with Crippen LogP contribution in [0, 0.1) is 0 Å². The van der Waals surface area contributed by atoms with Crippen LogP contribution in [0.5, 0.6) is 17.2 Å². The number of aromatic nitrogens is 3. The third-order valence-electron chi connectivity index (χ3n) is 6.25. The summed E-state index contributed by atoms with van der Waals surface area (Å²) in [7, 11) is 4.62. The number of carbonyl (C=O) groups excluding carboxylic acids is 1. The minimum absolute atomic E-state index is 0.126. The zero-order chi connectivity index (χ0) is 27.4. The number of nitrogens with zero attached hydrogens (tertiary/aromatic N) is 4. The van der Waals surface area contributed by atoms with Crippen LogP contribution in [0.1, 0.15) is 21.5 Å². The van der Waals surface area contributed by atoms with Crippen LogP contribution in [0.2, 0.25) is 0 Å². The minimum atomic E-state index is -0.347. The molecule has 2 aromatic heterocycles. The van der Waals surface area contributed by atoms with Crippen LogP contribution >= 0.6 is 0 Å². The van der Waals surface area contributed by atoms with Crippen LogP contribution in [0.4, 0.5) is 5.82 Å². The second-order valence-electron chi connectivity index (χ2n) is 8.65. The zero-order valence-corrected chi connectivity index (χ0v) is 21.8. The molecule has 0 aliphatic heterocycles. The van der Waals surface area contributed by atoms with Crippen molar-refractivity contribution in [1.82, 2.24) is 20.0 Å². The monoisotopic (exact) mass is 524 g/mol. The van der Waals surface area contributed by atoms with E-state index in [-0.39, 0.29) is 17.3 Å². The van der Waals surface area contributed by atoms with Gasteiger partial charge in [0.05, 0.1) is 38.6 Å². The first-order valence-electron chi connectivity index (χ1n) is 12.3. The van der Waals surface area contributed by atoms with Crippen LogP contribution in [0.25, 0.3) is 22.2 Å². The Morgan fingerprint density at radius 1 is 0.949 bits per heavy atom. The number of nitrogens with two attached hydrogens (primary N) is 1. The van der Waals surface area contributed by atoms with Gasteiger partial charge in [0.1, 0.15) is 16.9 Å². The van der Waals surface area contributed by atoms with E-state index in [0.717, 1.165) is 5.56 Å². The average molecular weight is 525 g/mol. The van der Waals surface area contributed by atoms with E-state index in [1.165, 1.54) is 11.8 Å². The Morgan fingerprint density at radius 3 is 2.23 bits per heavy atom. The van der Waals surface area contributed by atoms with Gasteiger partial charge in [-0.05, 0) is 36.2 Å². The Kier molecular flexibility index (Phi) is 7.26. The van der Waals surface area contributed by atoms with Gasteiger partial charge in [-0.2, -0.15) is 9.78 Å². The highest BCUT2D eigenvalue weighted by molar-refractivity contribution is 6.10. The van der Waals surface area contributed by atoms with Gasteiger partial charge >= 0.3 is 0 Å². The van der Waals surface area contributed by atoms with Crippen LogP contribution < -0.4 is 25.3 Å². The summed E-state index contributed by atoms with van der Waals surface area (Å²) in [5.74, 6) is 1.21. The number of carbonyl (C=O) groups is 1. The first-order valence-corrected chi connectivity index (χ1v) is 12.3. The summed E-state index contributed by atoms with van der Waals surface area (Å²) < 4.78 is 17.7. The Bertz CT molecular complexity index is 1660. The SMILES string of the molecule is COc1cc(/C=N/n2c(N)c(C(=O)NCCc3ccccc3)c3nc4ccccc4nc32)cc(OC)c1OC. The van der Waals surface area contributed by atoms with Gasteiger partial charge in [0, 0.05) is 12.1 Å². The highest BCUT2D eigenvalue weighted by atomic mass is 16.5. The topological polar surface area (TPSA) is 126 Å². The lowest BCUT2D eigenvalue weighted by Crippen LogP contribution is -2.26. The van der Waals surface area contributed by atoms with Gasteiger partial charge in [-0.3, -0.25) is 4.79 Å². The third-order valence-corrected chi connectivity index (χ3v) is 6.25. The van der Waals surface area contributed by atoms with Crippen LogP contribution in [-0.2, 0) is 6.42 Å². The van der Waals surface area contributed by atoms with Gasteiger partial charge in [0.15, 0.2) is 17.1 Å². The number of ether oxygens (including phenoxy) is 3. The van der Waals surface area contributed by atoms with E-state index in [2.05, 4.69) is 10.4 Å². The van der Waals surface area contributed by atoms with Crippen LogP contribution in [0.3, 0.4) is 0 Å². The third kappa shape index (κ3) is 5.04. The first-order chi connectivity index (χ1) is 19.0. The summed E-state index contributed by atoms with van der Waals surface area (Å²) in [6.45, 7) is 0.435. The molecule has 0 spiro atoms. The number of para-hydroxylation sites is 2. The maximum absolute atomic E-state index is 13.4. The van der Waals surface area contributed by atoms with Crippen molar-refractivity contribution < 1.29 is 19.0 Å². The van der Waals surface area contributed by atoms with Gasteiger partial charge in [-0.1, -0.05) is 42.5 Å². The van der Waals surface area contributed by atoms with Crippen molar-refractivity contribution >= 4 is 40.1 Å². The molecule has 0 fully saturated rings. The molecule has 0 radical (unpaired) electrons. The molecule has 3 N–H and O–H groups in total. The molecule has 0 saturated carbocycles. The van der Waals surface area contributed by atoms with Gasteiger partial charge < -0.3 is 25.3 Å². The van der Waals surface area contributed by atoms with E-state index < -0.39 is 0 Å². The lowest BCUT2D eigenvalue weighted by Gasteiger charge is -2.12. The Balaban J connectivity index is 1.55. The number of amides is 1. The molecule has 0 atom stereocenters. The summed E-state index contributed by atoms with van der Waals surface area (Å²) in [6, 6.07) is 20.9. The highest BCUT2D eigenvalue weighted by Gasteiger charge is 2.24. The first kappa shape index (κ1) is 25.5. The molecule has 10 nitrogen and oxygen atoms in total. The van der Waals surface area contributed by atoms with Crippen molar-refractivity contribution in [3.63, 3.8) is 0 Å². The van der Waals surface area contributed by atoms with E-state index in [9.17, 15) is 4.79 Å². The maximum Gasteiger partial charge on any atom is 0.257 e. The molecule has 0 aliphatic carbocycles. The number of anilines is 1. The van der Waals surface area contributed by atoms with E-state index >= 15 is 0 Å². The molecular formula is C29H28N6O4. The Labute approximate surface area is 225 Å². The maximum atomic E-state index is 13.4. The van der Waals surface area contributed by atoms with Gasteiger partial charge in [0.2, 0.25) is 5.75 Å². The van der Waals surface area contributed by atoms with Crippen molar-refractivity contribution in [1.29, 1.82) is 0 Å². The minimum Gasteiger partial charge on any atom is -0.493 e. The lowest BCUT2D eigenvalue weighted by atomic mass is 10.1. The molecule has 1 amide bonds. The summed E-state index contributed by atoms with van der Waals surface area (Å²) in [6.07, 6.45) is 2.26. The van der Waals surface area contributed by atoms with E-state index in [0.29, 0.717) is 58.0 Å². The number of nitrogens with one attached hydrogen (secondary N) is 1. The average Bonchev–Trinajstić information content (AvgIpc) is 3.24. The fourth-order valence-corrected chi connectivity index (χ4v) is 4.34. The van der Waals surface area contributed by atoms with Crippen molar-refractivity contribution in [2.24, 2.45) is 5.10 Å². The van der Waals surface area contributed by atoms with Crippen molar-refractivity contribution in [3.05, 3.63) is 83.4 Å². The highest BCUT2D eigenvalue weighted by Crippen LogP contribution is 2.38. The quantitative estimate of drug-likeness (QED) is 0.279. The van der Waals surface area contributed by atoms with Crippen LogP contribution in [0.15, 0.2) is 71.8 Å². The smallest absolute Gasteiger partial charge is 0.257 e. The van der Waals surface area contributed by atoms with Crippen molar-refractivity contribution in [2.75, 3.05) is 33.6 Å². The number of hydrogen-bond donors (Lipinski definition) is 2. The largest absolute Gasteiger partial charge is 0.493 e. The summed E-state index contributed by atoms with van der Waals surface area (Å²) in [5, 5.41) is 7.54. The molecule has 0 aliphatic rings. The molecule has 5 aromatic rings.